The van der Waals surface area contributed by atoms with Crippen molar-refractivity contribution in [3.63, 3.8) is 0 Å². The summed E-state index contributed by atoms with van der Waals surface area (Å²) in [6.45, 7) is 0. The molecule has 1 aliphatic carbocycles. The summed E-state index contributed by atoms with van der Waals surface area (Å²) in [6, 6.07) is 11.5. The van der Waals surface area contributed by atoms with Crippen LogP contribution in [0.2, 0.25) is 5.02 Å². The Morgan fingerprint density at radius 3 is 2.71 bits per heavy atom. The third-order valence-electron chi connectivity index (χ3n) is 4.85. The highest BCUT2D eigenvalue weighted by Crippen LogP contribution is 2.52. The largest absolute Gasteiger partial charge is 0.376 e. The minimum atomic E-state index is -0.388. The number of fused-ring (bicyclic) bond motifs is 3. The molecule has 0 saturated carbocycles. The van der Waals surface area contributed by atoms with Crippen LogP contribution in [0, 0.1) is 16.0 Å². The molecule has 24 heavy (non-hydrogen) atoms. The van der Waals surface area contributed by atoms with Gasteiger partial charge >= 0.3 is 0 Å². The number of hydrogen-bond donors (Lipinski definition) is 1. The number of rotatable bonds is 2. The Labute approximate surface area is 152 Å². The van der Waals surface area contributed by atoms with E-state index in [1.165, 1.54) is 11.6 Å². The van der Waals surface area contributed by atoms with Crippen molar-refractivity contribution in [2.24, 2.45) is 5.92 Å². The van der Waals surface area contributed by atoms with Gasteiger partial charge in [0, 0.05) is 22.5 Å². The van der Waals surface area contributed by atoms with Crippen LogP contribution in [0.3, 0.4) is 0 Å². The molecule has 2 aromatic carbocycles. The van der Waals surface area contributed by atoms with Gasteiger partial charge in [0.05, 0.1) is 21.7 Å². The van der Waals surface area contributed by atoms with Crippen molar-refractivity contribution in [2.45, 2.75) is 18.4 Å². The van der Waals surface area contributed by atoms with Gasteiger partial charge in [0.1, 0.15) is 0 Å². The Morgan fingerprint density at radius 1 is 1.25 bits per heavy atom. The van der Waals surface area contributed by atoms with Gasteiger partial charge in [-0.2, -0.15) is 0 Å². The van der Waals surface area contributed by atoms with Crippen LogP contribution in [-0.2, 0) is 0 Å². The van der Waals surface area contributed by atoms with Crippen LogP contribution in [0.15, 0.2) is 53.0 Å². The molecule has 2 aromatic rings. The number of nitro benzene ring substituents is 1. The second-order valence-corrected chi connectivity index (χ2v) is 7.50. The van der Waals surface area contributed by atoms with Gasteiger partial charge in [-0.25, -0.2) is 0 Å². The zero-order chi connectivity index (χ0) is 16.8. The van der Waals surface area contributed by atoms with E-state index < -0.39 is 0 Å². The van der Waals surface area contributed by atoms with E-state index in [1.54, 1.807) is 6.07 Å². The van der Waals surface area contributed by atoms with E-state index in [0.717, 1.165) is 22.1 Å². The smallest absolute Gasteiger partial charge is 0.271 e. The molecule has 0 fully saturated rings. The third kappa shape index (κ3) is 2.52. The monoisotopic (exact) mass is 404 g/mol. The molecule has 122 valence electrons. The first-order chi connectivity index (χ1) is 11.5. The highest BCUT2D eigenvalue weighted by molar-refractivity contribution is 9.10. The number of non-ortho nitro benzene ring substituents is 1. The molecule has 1 heterocycles. The Bertz CT molecular complexity index is 851. The Balaban J connectivity index is 1.82. The molecular formula is C18H14BrClN2O2. The fourth-order valence-electron chi connectivity index (χ4n) is 3.75. The van der Waals surface area contributed by atoms with Crippen LogP contribution in [-0.4, -0.2) is 4.92 Å². The maximum atomic E-state index is 11.2. The lowest BCUT2D eigenvalue weighted by atomic mass is 9.77. The summed E-state index contributed by atoms with van der Waals surface area (Å²) in [7, 11) is 0. The number of hydrogen-bond acceptors (Lipinski definition) is 3. The fourth-order valence-corrected chi connectivity index (χ4v) is 4.29. The van der Waals surface area contributed by atoms with Crippen LogP contribution in [0.1, 0.15) is 29.5 Å². The van der Waals surface area contributed by atoms with Gasteiger partial charge in [0.15, 0.2) is 0 Å². The van der Waals surface area contributed by atoms with Crippen molar-refractivity contribution in [3.05, 3.63) is 79.3 Å². The maximum Gasteiger partial charge on any atom is 0.271 e. The first-order valence-corrected chi connectivity index (χ1v) is 8.88. The van der Waals surface area contributed by atoms with Gasteiger partial charge in [0.2, 0.25) is 0 Å². The lowest BCUT2D eigenvalue weighted by Crippen LogP contribution is -2.29. The summed E-state index contributed by atoms with van der Waals surface area (Å²) in [6.07, 6.45) is 5.25. The first kappa shape index (κ1) is 15.7. The summed E-state index contributed by atoms with van der Waals surface area (Å²) < 4.78 is 1.04. The Morgan fingerprint density at radius 2 is 2.00 bits per heavy atom. The molecule has 0 radical (unpaired) electrons. The summed E-state index contributed by atoms with van der Waals surface area (Å²) in [5.41, 5.74) is 2.96. The van der Waals surface area contributed by atoms with Crippen LogP contribution in [0.5, 0.6) is 0 Å². The minimum Gasteiger partial charge on any atom is -0.376 e. The van der Waals surface area contributed by atoms with Gasteiger partial charge in [-0.3, -0.25) is 10.1 Å². The number of nitro groups is 1. The number of nitrogens with zero attached hydrogens (tertiary/aromatic N) is 1. The van der Waals surface area contributed by atoms with Gasteiger partial charge in [0.25, 0.3) is 5.69 Å². The summed E-state index contributed by atoms with van der Waals surface area (Å²) in [5.74, 6) is 0.476. The zero-order valence-corrected chi connectivity index (χ0v) is 14.9. The van der Waals surface area contributed by atoms with Gasteiger partial charge in [-0.1, -0.05) is 51.8 Å². The summed E-state index contributed by atoms with van der Waals surface area (Å²) in [4.78, 5) is 10.8. The number of benzene rings is 2. The summed E-state index contributed by atoms with van der Waals surface area (Å²) >= 11 is 9.83. The Hall–Kier alpha value is -1.85. The molecule has 3 atom stereocenters. The molecule has 1 N–H and O–H groups in total. The highest BCUT2D eigenvalue weighted by Gasteiger charge is 2.39. The van der Waals surface area contributed by atoms with E-state index in [1.807, 2.05) is 12.1 Å². The zero-order valence-electron chi connectivity index (χ0n) is 12.6. The minimum absolute atomic E-state index is 0.0432. The number of anilines is 1. The molecule has 2 aliphatic rings. The lowest BCUT2D eigenvalue weighted by Gasteiger charge is -2.37. The summed E-state index contributed by atoms with van der Waals surface area (Å²) in [5, 5.41) is 15.1. The number of nitrogens with one attached hydrogen (secondary N) is 1. The van der Waals surface area contributed by atoms with Crippen molar-refractivity contribution < 1.29 is 4.92 Å². The van der Waals surface area contributed by atoms with E-state index >= 15 is 0 Å². The predicted octanol–water partition coefficient (Wildman–Crippen LogP) is 5.84. The average Bonchev–Trinajstić information content (AvgIpc) is 3.05. The molecule has 0 saturated heterocycles. The second-order valence-electron chi connectivity index (χ2n) is 6.18. The molecule has 0 bridgehead atoms. The van der Waals surface area contributed by atoms with E-state index in [4.69, 9.17) is 11.6 Å². The maximum absolute atomic E-state index is 11.2. The molecule has 6 heteroatoms. The normalized spacial score (nSPS) is 24.2. The number of allylic oxidation sites excluding steroid dienone is 2. The quantitative estimate of drug-likeness (QED) is 0.388. The predicted molar refractivity (Wildman–Crippen MR) is 98.6 cm³/mol. The molecular weight excluding hydrogens is 392 g/mol. The number of halogens is 2. The SMILES string of the molecule is O=[N+]([O-])c1cc(Cl)c2c(c1)[C@@H]1C=CC[C@@H]1[C@H](c1ccc(Br)cc1)N2. The van der Waals surface area contributed by atoms with Crippen LogP contribution in [0.4, 0.5) is 11.4 Å². The fraction of sp³-hybridized carbons (Fsp3) is 0.222. The van der Waals surface area contributed by atoms with E-state index in [-0.39, 0.29) is 22.6 Å². The van der Waals surface area contributed by atoms with Gasteiger partial charge < -0.3 is 5.32 Å². The van der Waals surface area contributed by atoms with Crippen LogP contribution in [0.25, 0.3) is 0 Å². The van der Waals surface area contributed by atoms with Crippen LogP contribution >= 0.6 is 27.5 Å². The standard InChI is InChI=1S/C18H14BrClN2O2/c19-11-6-4-10(5-7-11)17-14-3-1-2-13(14)15-8-12(22(23)24)9-16(20)18(15)21-17/h1-2,4-9,13-14,17,21H,3H2/t13-,14+,17+/m1/s1. The molecule has 0 amide bonds. The van der Waals surface area contributed by atoms with E-state index in [9.17, 15) is 10.1 Å². The van der Waals surface area contributed by atoms with E-state index in [2.05, 4.69) is 45.5 Å². The van der Waals surface area contributed by atoms with Crippen molar-refractivity contribution in [2.75, 3.05) is 5.32 Å². The van der Waals surface area contributed by atoms with Gasteiger partial charge in [-0.15, -0.1) is 0 Å². The molecule has 1 aliphatic heterocycles. The second kappa shape index (κ2) is 5.90. The molecule has 0 aromatic heterocycles. The highest BCUT2D eigenvalue weighted by atomic mass is 79.9. The molecule has 0 spiro atoms. The van der Waals surface area contributed by atoms with Crippen molar-refractivity contribution in [1.29, 1.82) is 0 Å². The molecule has 0 unspecified atom stereocenters. The Kier molecular flexibility index (Phi) is 3.85. The van der Waals surface area contributed by atoms with Gasteiger partial charge in [-0.05, 0) is 35.6 Å². The topological polar surface area (TPSA) is 55.2 Å². The molecule has 4 rings (SSSR count). The first-order valence-electron chi connectivity index (χ1n) is 7.71. The van der Waals surface area contributed by atoms with E-state index in [0.29, 0.717) is 10.9 Å². The van der Waals surface area contributed by atoms with Crippen molar-refractivity contribution in [3.8, 4) is 0 Å². The average molecular weight is 406 g/mol. The third-order valence-corrected chi connectivity index (χ3v) is 5.67. The van der Waals surface area contributed by atoms with Crippen molar-refractivity contribution >= 4 is 38.9 Å². The molecule has 4 nitrogen and oxygen atoms in total. The lowest BCUT2D eigenvalue weighted by molar-refractivity contribution is -0.384. The van der Waals surface area contributed by atoms with Crippen LogP contribution < -0.4 is 5.32 Å². The van der Waals surface area contributed by atoms with Crippen molar-refractivity contribution in [1.82, 2.24) is 0 Å².